The molecule has 8 heteroatoms. The van der Waals surface area contributed by atoms with Gasteiger partial charge in [-0.25, -0.2) is 8.42 Å². The first-order valence-electron chi connectivity index (χ1n) is 9.24. The van der Waals surface area contributed by atoms with Gasteiger partial charge in [-0.1, -0.05) is 12.8 Å². The Morgan fingerprint density at radius 1 is 1.23 bits per heavy atom. The zero-order valence-electron chi connectivity index (χ0n) is 15.2. The summed E-state index contributed by atoms with van der Waals surface area (Å²) in [6, 6.07) is 4.74. The maximum absolute atomic E-state index is 13.0. The normalized spacial score (nSPS) is 20.2. The monoisotopic (exact) mass is 381 g/mol. The number of anilines is 1. The second kappa shape index (κ2) is 7.54. The Labute approximate surface area is 154 Å². The quantitative estimate of drug-likeness (QED) is 0.785. The first-order chi connectivity index (χ1) is 12.4. The van der Waals surface area contributed by atoms with E-state index in [9.17, 15) is 13.2 Å². The van der Waals surface area contributed by atoms with Crippen molar-refractivity contribution in [2.75, 3.05) is 25.0 Å². The molecule has 1 aromatic rings. The third kappa shape index (κ3) is 3.72. The summed E-state index contributed by atoms with van der Waals surface area (Å²) in [6.45, 7) is 3.19. The molecule has 1 saturated carbocycles. The molecule has 0 atom stereocenters. The minimum Gasteiger partial charge on any atom is -0.492 e. The molecule has 1 aliphatic carbocycles. The van der Waals surface area contributed by atoms with Crippen LogP contribution in [0.3, 0.4) is 0 Å². The van der Waals surface area contributed by atoms with Crippen molar-refractivity contribution in [1.82, 2.24) is 4.31 Å². The highest BCUT2D eigenvalue weighted by Gasteiger charge is 2.37. The van der Waals surface area contributed by atoms with E-state index >= 15 is 0 Å². The van der Waals surface area contributed by atoms with Crippen molar-refractivity contribution in [3.05, 3.63) is 18.2 Å². The molecule has 1 aliphatic heterocycles. The smallest absolute Gasteiger partial charge is 0.246 e. The molecule has 3 N–H and O–H groups in total. The van der Waals surface area contributed by atoms with E-state index in [-0.39, 0.29) is 10.8 Å². The molecule has 0 unspecified atom stereocenters. The molecule has 1 heterocycles. The van der Waals surface area contributed by atoms with Crippen molar-refractivity contribution in [2.45, 2.75) is 55.9 Å². The Bertz CT molecular complexity index is 767. The van der Waals surface area contributed by atoms with E-state index in [2.05, 4.69) is 5.32 Å². The summed E-state index contributed by atoms with van der Waals surface area (Å²) in [5, 5.41) is 2.79. The Kier molecular flexibility index (Phi) is 5.55. The van der Waals surface area contributed by atoms with E-state index in [1.807, 2.05) is 0 Å². The Hall–Kier alpha value is -1.64. The lowest BCUT2D eigenvalue weighted by Gasteiger charge is -2.23. The number of carbonyl (C=O) groups is 1. The van der Waals surface area contributed by atoms with Gasteiger partial charge in [-0.15, -0.1) is 0 Å². The number of nitrogens with one attached hydrogen (secondary N) is 1. The van der Waals surface area contributed by atoms with Gasteiger partial charge in [0.15, 0.2) is 0 Å². The van der Waals surface area contributed by atoms with Crippen LogP contribution in [0.4, 0.5) is 5.69 Å². The van der Waals surface area contributed by atoms with Crippen molar-refractivity contribution in [2.24, 2.45) is 5.73 Å². The number of amides is 1. The number of nitrogens with two attached hydrogens (primary N) is 1. The first-order valence-corrected chi connectivity index (χ1v) is 10.7. The van der Waals surface area contributed by atoms with Gasteiger partial charge in [-0.2, -0.15) is 4.31 Å². The van der Waals surface area contributed by atoms with Crippen molar-refractivity contribution in [1.29, 1.82) is 0 Å². The van der Waals surface area contributed by atoms with Gasteiger partial charge in [0.05, 0.1) is 12.1 Å². The van der Waals surface area contributed by atoms with E-state index in [0.29, 0.717) is 44.0 Å². The van der Waals surface area contributed by atoms with Crippen LogP contribution in [-0.2, 0) is 14.8 Å². The SMILES string of the molecule is CCOc1ccc(NC(=O)C2(N)CCCC2)cc1S(=O)(=O)N1CCCC1. The predicted octanol–water partition coefficient (Wildman–Crippen LogP) is 2.08. The molecule has 1 saturated heterocycles. The van der Waals surface area contributed by atoms with E-state index < -0.39 is 15.6 Å². The predicted molar refractivity (Wildman–Crippen MR) is 99.6 cm³/mol. The Morgan fingerprint density at radius 3 is 2.50 bits per heavy atom. The van der Waals surface area contributed by atoms with E-state index in [0.717, 1.165) is 25.7 Å². The van der Waals surface area contributed by atoms with Crippen LogP contribution in [0, 0.1) is 0 Å². The van der Waals surface area contributed by atoms with Gasteiger partial charge >= 0.3 is 0 Å². The van der Waals surface area contributed by atoms with Gasteiger partial charge in [0.2, 0.25) is 15.9 Å². The van der Waals surface area contributed by atoms with Gasteiger partial charge in [0.25, 0.3) is 0 Å². The van der Waals surface area contributed by atoms with Crippen molar-refractivity contribution in [3.63, 3.8) is 0 Å². The first kappa shape index (κ1) is 19.1. The maximum Gasteiger partial charge on any atom is 0.246 e. The molecule has 2 fully saturated rings. The van der Waals surface area contributed by atoms with Gasteiger partial charge in [0, 0.05) is 18.8 Å². The number of nitrogens with zero attached hydrogens (tertiary/aromatic N) is 1. The minimum atomic E-state index is -3.66. The Morgan fingerprint density at radius 2 is 1.88 bits per heavy atom. The molecule has 0 radical (unpaired) electrons. The van der Waals surface area contributed by atoms with Crippen LogP contribution in [0.5, 0.6) is 5.75 Å². The van der Waals surface area contributed by atoms with E-state index in [4.69, 9.17) is 10.5 Å². The summed E-state index contributed by atoms with van der Waals surface area (Å²) in [5.41, 5.74) is 5.74. The molecule has 26 heavy (non-hydrogen) atoms. The van der Waals surface area contributed by atoms with E-state index in [1.165, 1.54) is 10.4 Å². The highest BCUT2D eigenvalue weighted by atomic mass is 32.2. The number of hydrogen-bond donors (Lipinski definition) is 2. The van der Waals surface area contributed by atoms with E-state index in [1.54, 1.807) is 19.1 Å². The molecule has 7 nitrogen and oxygen atoms in total. The average molecular weight is 381 g/mol. The molecule has 144 valence electrons. The Balaban J connectivity index is 1.90. The number of sulfonamides is 1. The van der Waals surface area contributed by atoms with Crippen molar-refractivity contribution >= 4 is 21.6 Å². The largest absolute Gasteiger partial charge is 0.492 e. The summed E-state index contributed by atoms with van der Waals surface area (Å²) in [4.78, 5) is 12.6. The summed E-state index contributed by atoms with van der Waals surface area (Å²) in [6.07, 6.45) is 4.87. The fourth-order valence-corrected chi connectivity index (χ4v) is 5.29. The fraction of sp³-hybridized carbons (Fsp3) is 0.611. The van der Waals surface area contributed by atoms with Crippen LogP contribution in [0.15, 0.2) is 23.1 Å². The molecule has 3 rings (SSSR count). The molecular weight excluding hydrogens is 354 g/mol. The molecule has 0 spiro atoms. The summed E-state index contributed by atoms with van der Waals surface area (Å²) in [5.74, 6) is 0.0457. The van der Waals surface area contributed by atoms with Crippen LogP contribution >= 0.6 is 0 Å². The topological polar surface area (TPSA) is 102 Å². The number of carbonyl (C=O) groups excluding carboxylic acids is 1. The molecule has 2 aliphatic rings. The summed E-state index contributed by atoms with van der Waals surface area (Å²) < 4.78 is 33.0. The zero-order chi connectivity index (χ0) is 18.8. The number of rotatable bonds is 6. The highest BCUT2D eigenvalue weighted by Crippen LogP contribution is 2.33. The fourth-order valence-electron chi connectivity index (χ4n) is 3.62. The summed E-state index contributed by atoms with van der Waals surface area (Å²) in [7, 11) is -3.66. The van der Waals surface area contributed by atoms with Gasteiger partial charge < -0.3 is 15.8 Å². The van der Waals surface area contributed by atoms with Crippen LogP contribution in [0.2, 0.25) is 0 Å². The third-order valence-electron chi connectivity index (χ3n) is 5.13. The highest BCUT2D eigenvalue weighted by molar-refractivity contribution is 7.89. The van der Waals surface area contributed by atoms with Crippen LogP contribution < -0.4 is 15.8 Å². The lowest BCUT2D eigenvalue weighted by Crippen LogP contribution is -2.48. The van der Waals surface area contributed by atoms with Gasteiger partial charge in [-0.3, -0.25) is 4.79 Å². The molecule has 0 bridgehead atoms. The van der Waals surface area contributed by atoms with Gasteiger partial charge in [-0.05, 0) is 50.8 Å². The van der Waals surface area contributed by atoms with Crippen LogP contribution in [0.25, 0.3) is 0 Å². The lowest BCUT2D eigenvalue weighted by atomic mass is 9.98. The second-order valence-electron chi connectivity index (χ2n) is 7.02. The molecule has 1 aromatic carbocycles. The average Bonchev–Trinajstić information content (AvgIpc) is 3.29. The maximum atomic E-state index is 13.0. The van der Waals surface area contributed by atoms with Crippen molar-refractivity contribution < 1.29 is 17.9 Å². The molecule has 1 amide bonds. The van der Waals surface area contributed by atoms with Crippen LogP contribution in [0.1, 0.15) is 45.4 Å². The number of ether oxygens (including phenoxy) is 1. The zero-order valence-corrected chi connectivity index (χ0v) is 16.0. The lowest BCUT2D eigenvalue weighted by molar-refractivity contribution is -0.121. The second-order valence-corrected chi connectivity index (χ2v) is 8.93. The van der Waals surface area contributed by atoms with Gasteiger partial charge in [0.1, 0.15) is 10.6 Å². The van der Waals surface area contributed by atoms with Crippen LogP contribution in [-0.4, -0.2) is 43.9 Å². The number of benzene rings is 1. The number of hydrogen-bond acceptors (Lipinski definition) is 5. The van der Waals surface area contributed by atoms with Crippen molar-refractivity contribution in [3.8, 4) is 5.75 Å². The molecule has 0 aromatic heterocycles. The third-order valence-corrected chi connectivity index (χ3v) is 7.05. The summed E-state index contributed by atoms with van der Waals surface area (Å²) >= 11 is 0. The molecular formula is C18H27N3O4S. The standard InChI is InChI=1S/C18H27N3O4S/c1-2-25-15-8-7-14(20-17(22)18(19)9-3-4-10-18)13-16(15)26(23,24)21-11-5-6-12-21/h7-8,13H,2-6,9-12,19H2,1H3,(H,20,22). The minimum absolute atomic E-state index is 0.0940.